The molecular weight excluding hydrogens is 294 g/mol. The standard InChI is InChI=1S/C15H18ClNO2S/c1-9-8-20-15(13(9)16)14(17-2)12-10(18-3)6-5-7-11(12)19-4/h5-8,14,17H,1-4H3. The largest absolute Gasteiger partial charge is 0.496 e. The van der Waals surface area contributed by atoms with E-state index in [9.17, 15) is 0 Å². The minimum atomic E-state index is -0.0627. The van der Waals surface area contributed by atoms with Crippen LogP contribution in [-0.2, 0) is 0 Å². The van der Waals surface area contributed by atoms with Crippen LogP contribution in [0.3, 0.4) is 0 Å². The molecular formula is C15H18ClNO2S. The number of methoxy groups -OCH3 is 2. The molecule has 0 saturated heterocycles. The van der Waals surface area contributed by atoms with E-state index in [4.69, 9.17) is 21.1 Å². The number of halogens is 1. The Bertz CT molecular complexity index is 575. The highest BCUT2D eigenvalue weighted by Gasteiger charge is 2.25. The molecule has 0 aliphatic rings. The summed E-state index contributed by atoms with van der Waals surface area (Å²) in [5.74, 6) is 1.57. The average Bonchev–Trinajstić information content (AvgIpc) is 2.80. The number of rotatable bonds is 5. The highest BCUT2D eigenvalue weighted by molar-refractivity contribution is 7.10. The van der Waals surface area contributed by atoms with E-state index in [1.165, 1.54) is 0 Å². The first-order valence-corrected chi connectivity index (χ1v) is 7.51. The van der Waals surface area contributed by atoms with E-state index in [1.807, 2.05) is 32.2 Å². The number of aryl methyl sites for hydroxylation is 1. The molecule has 0 saturated carbocycles. The van der Waals surface area contributed by atoms with Gasteiger partial charge in [0, 0.05) is 4.88 Å². The van der Waals surface area contributed by atoms with Crippen molar-refractivity contribution in [1.29, 1.82) is 0 Å². The second-order valence-corrected chi connectivity index (χ2v) is 5.68. The van der Waals surface area contributed by atoms with Gasteiger partial charge in [-0.2, -0.15) is 0 Å². The van der Waals surface area contributed by atoms with Crippen molar-refractivity contribution in [2.24, 2.45) is 0 Å². The van der Waals surface area contributed by atoms with Gasteiger partial charge in [0.05, 0.1) is 30.8 Å². The topological polar surface area (TPSA) is 30.5 Å². The van der Waals surface area contributed by atoms with Crippen molar-refractivity contribution in [3.63, 3.8) is 0 Å². The van der Waals surface area contributed by atoms with E-state index in [-0.39, 0.29) is 6.04 Å². The summed E-state index contributed by atoms with van der Waals surface area (Å²) < 4.78 is 11.0. The molecule has 108 valence electrons. The van der Waals surface area contributed by atoms with Gasteiger partial charge in [0.2, 0.25) is 0 Å². The quantitative estimate of drug-likeness (QED) is 0.904. The van der Waals surface area contributed by atoms with E-state index in [0.717, 1.165) is 32.5 Å². The third kappa shape index (κ3) is 2.64. The first-order valence-electron chi connectivity index (χ1n) is 6.25. The molecule has 0 amide bonds. The molecule has 0 aliphatic carbocycles. The van der Waals surface area contributed by atoms with Crippen molar-refractivity contribution < 1.29 is 9.47 Å². The van der Waals surface area contributed by atoms with Crippen LogP contribution in [0, 0.1) is 6.92 Å². The summed E-state index contributed by atoms with van der Waals surface area (Å²) in [6.45, 7) is 2.01. The van der Waals surface area contributed by atoms with Crippen LogP contribution >= 0.6 is 22.9 Å². The van der Waals surface area contributed by atoms with Gasteiger partial charge in [-0.25, -0.2) is 0 Å². The van der Waals surface area contributed by atoms with Crippen molar-refractivity contribution in [3.05, 3.63) is 44.6 Å². The zero-order valence-corrected chi connectivity index (χ0v) is 13.6. The van der Waals surface area contributed by atoms with Gasteiger partial charge in [0.15, 0.2) is 0 Å². The molecule has 2 rings (SSSR count). The van der Waals surface area contributed by atoms with Crippen molar-refractivity contribution in [1.82, 2.24) is 5.32 Å². The molecule has 0 radical (unpaired) electrons. The number of benzene rings is 1. The summed E-state index contributed by atoms with van der Waals surface area (Å²) in [7, 11) is 5.22. The second kappa shape index (κ2) is 6.48. The molecule has 0 fully saturated rings. The average molecular weight is 312 g/mol. The molecule has 2 aromatic rings. The van der Waals surface area contributed by atoms with Gasteiger partial charge in [-0.3, -0.25) is 0 Å². The van der Waals surface area contributed by atoms with Crippen LogP contribution < -0.4 is 14.8 Å². The second-order valence-electron chi connectivity index (χ2n) is 4.39. The summed E-state index contributed by atoms with van der Waals surface area (Å²) in [4.78, 5) is 1.06. The Labute approximate surface area is 128 Å². The number of thiophene rings is 1. The van der Waals surface area contributed by atoms with E-state index >= 15 is 0 Å². The summed E-state index contributed by atoms with van der Waals surface area (Å²) in [6, 6.07) is 5.70. The third-order valence-corrected chi connectivity index (χ3v) is 5.01. The van der Waals surface area contributed by atoms with Gasteiger partial charge in [-0.15, -0.1) is 11.3 Å². The summed E-state index contributed by atoms with van der Waals surface area (Å²) in [5.41, 5.74) is 2.05. The molecule has 1 atom stereocenters. The van der Waals surface area contributed by atoms with E-state index in [2.05, 4.69) is 10.7 Å². The highest BCUT2D eigenvalue weighted by Crippen LogP contribution is 2.42. The maximum Gasteiger partial charge on any atom is 0.127 e. The van der Waals surface area contributed by atoms with Gasteiger partial charge in [0.1, 0.15) is 11.5 Å². The SMILES string of the molecule is CNC(c1scc(C)c1Cl)c1c(OC)cccc1OC. The molecule has 0 bridgehead atoms. The summed E-state index contributed by atoms with van der Waals surface area (Å²) in [5, 5.41) is 6.16. The Morgan fingerprint density at radius 2 is 1.80 bits per heavy atom. The van der Waals surface area contributed by atoms with Gasteiger partial charge < -0.3 is 14.8 Å². The fraction of sp³-hybridized carbons (Fsp3) is 0.333. The zero-order chi connectivity index (χ0) is 14.7. The minimum Gasteiger partial charge on any atom is -0.496 e. The minimum absolute atomic E-state index is 0.0627. The van der Waals surface area contributed by atoms with E-state index < -0.39 is 0 Å². The molecule has 0 spiro atoms. The van der Waals surface area contributed by atoms with Crippen LogP contribution in [0.5, 0.6) is 11.5 Å². The zero-order valence-electron chi connectivity index (χ0n) is 12.0. The first kappa shape index (κ1) is 15.2. The first-order chi connectivity index (χ1) is 9.63. The van der Waals surface area contributed by atoms with Crippen LogP contribution in [0.4, 0.5) is 0 Å². The van der Waals surface area contributed by atoms with Gasteiger partial charge >= 0.3 is 0 Å². The normalized spacial score (nSPS) is 12.2. The maximum absolute atomic E-state index is 6.41. The van der Waals surface area contributed by atoms with Crippen LogP contribution in [-0.4, -0.2) is 21.3 Å². The number of ether oxygens (including phenoxy) is 2. The maximum atomic E-state index is 6.41. The van der Waals surface area contributed by atoms with Crippen LogP contribution in [0.2, 0.25) is 5.02 Å². The third-order valence-electron chi connectivity index (χ3n) is 3.23. The smallest absolute Gasteiger partial charge is 0.127 e. The Balaban J connectivity index is 2.60. The lowest BCUT2D eigenvalue weighted by molar-refractivity contribution is 0.379. The molecule has 1 aromatic heterocycles. The molecule has 1 unspecified atom stereocenters. The number of hydrogen-bond donors (Lipinski definition) is 1. The van der Waals surface area contributed by atoms with Crippen molar-refractivity contribution in [3.8, 4) is 11.5 Å². The lowest BCUT2D eigenvalue weighted by atomic mass is 10.0. The summed E-state index contributed by atoms with van der Waals surface area (Å²) >= 11 is 8.05. The fourth-order valence-corrected chi connectivity index (χ4v) is 3.64. The Morgan fingerprint density at radius 3 is 2.20 bits per heavy atom. The fourth-order valence-electron chi connectivity index (χ4n) is 2.22. The van der Waals surface area contributed by atoms with Crippen LogP contribution in [0.25, 0.3) is 0 Å². The molecule has 3 nitrogen and oxygen atoms in total. The van der Waals surface area contributed by atoms with Gasteiger partial charge in [-0.05, 0) is 37.0 Å². The number of nitrogens with one attached hydrogen (secondary N) is 1. The predicted octanol–water partition coefficient (Wildman–Crippen LogP) is 4.04. The Hall–Kier alpha value is -1.23. The molecule has 5 heteroatoms. The molecule has 1 aromatic carbocycles. The Kier molecular flexibility index (Phi) is 4.91. The van der Waals surface area contributed by atoms with Crippen molar-refractivity contribution >= 4 is 22.9 Å². The van der Waals surface area contributed by atoms with E-state index in [0.29, 0.717) is 0 Å². The van der Waals surface area contributed by atoms with Crippen LogP contribution in [0.1, 0.15) is 22.0 Å². The van der Waals surface area contributed by atoms with Crippen molar-refractivity contribution in [2.45, 2.75) is 13.0 Å². The highest BCUT2D eigenvalue weighted by atomic mass is 35.5. The van der Waals surface area contributed by atoms with Crippen LogP contribution in [0.15, 0.2) is 23.6 Å². The molecule has 0 aliphatic heterocycles. The lowest BCUT2D eigenvalue weighted by Crippen LogP contribution is -2.18. The molecule has 1 N–H and O–H groups in total. The molecule has 20 heavy (non-hydrogen) atoms. The van der Waals surface area contributed by atoms with Gasteiger partial charge in [-0.1, -0.05) is 17.7 Å². The predicted molar refractivity (Wildman–Crippen MR) is 84.5 cm³/mol. The summed E-state index contributed by atoms with van der Waals surface area (Å²) in [6.07, 6.45) is 0. The lowest BCUT2D eigenvalue weighted by Gasteiger charge is -2.21. The monoisotopic (exact) mass is 311 g/mol. The number of hydrogen-bond acceptors (Lipinski definition) is 4. The van der Waals surface area contributed by atoms with Gasteiger partial charge in [0.25, 0.3) is 0 Å². The van der Waals surface area contributed by atoms with E-state index in [1.54, 1.807) is 25.6 Å². The molecule has 1 heterocycles. The Morgan fingerprint density at radius 1 is 1.20 bits per heavy atom. The van der Waals surface area contributed by atoms with Crippen molar-refractivity contribution in [2.75, 3.05) is 21.3 Å².